The number of rotatable bonds is 6. The zero-order chi connectivity index (χ0) is 21.4. The second-order valence-electron chi connectivity index (χ2n) is 6.49. The Hall–Kier alpha value is -3.36. The number of aromatic nitrogens is 2. The van der Waals surface area contributed by atoms with E-state index in [4.69, 9.17) is 0 Å². The van der Waals surface area contributed by atoms with Crippen molar-refractivity contribution in [2.24, 2.45) is 0 Å². The SMILES string of the molecule is C=C(c1cccn1S(=O)(=O)c1ccccc1)c1cccn1S(=O)(=O)c1ccccc1. The lowest BCUT2D eigenvalue weighted by Gasteiger charge is -2.15. The van der Waals surface area contributed by atoms with Gasteiger partial charge in [0.15, 0.2) is 0 Å². The van der Waals surface area contributed by atoms with Gasteiger partial charge in [0.05, 0.1) is 21.2 Å². The first-order chi connectivity index (χ1) is 14.3. The smallest absolute Gasteiger partial charge is 0.241 e. The molecule has 0 aliphatic rings. The van der Waals surface area contributed by atoms with Gasteiger partial charge in [-0.2, -0.15) is 0 Å². The third-order valence-electron chi connectivity index (χ3n) is 4.64. The molecule has 0 saturated heterocycles. The molecule has 0 saturated carbocycles. The van der Waals surface area contributed by atoms with Crippen LogP contribution in [0.5, 0.6) is 0 Å². The van der Waals surface area contributed by atoms with Gasteiger partial charge in [-0.15, -0.1) is 0 Å². The van der Waals surface area contributed by atoms with E-state index in [2.05, 4.69) is 6.58 Å². The van der Waals surface area contributed by atoms with Crippen LogP contribution in [0.25, 0.3) is 5.57 Å². The van der Waals surface area contributed by atoms with Crippen LogP contribution < -0.4 is 0 Å². The Kier molecular flexibility index (Phi) is 4.97. The number of nitrogens with zero attached hydrogens (tertiary/aromatic N) is 2. The van der Waals surface area contributed by atoms with Crippen molar-refractivity contribution in [2.75, 3.05) is 0 Å². The van der Waals surface area contributed by atoms with Crippen LogP contribution in [-0.4, -0.2) is 24.8 Å². The van der Waals surface area contributed by atoms with Gasteiger partial charge in [-0.05, 0) is 48.5 Å². The van der Waals surface area contributed by atoms with Crippen LogP contribution in [0.4, 0.5) is 0 Å². The molecule has 0 spiro atoms. The summed E-state index contributed by atoms with van der Waals surface area (Å²) in [5.74, 6) is 0. The lowest BCUT2D eigenvalue weighted by molar-refractivity contribution is 0.586. The molecule has 152 valence electrons. The van der Waals surface area contributed by atoms with Crippen molar-refractivity contribution in [3.8, 4) is 0 Å². The molecule has 0 radical (unpaired) electrons. The van der Waals surface area contributed by atoms with Gasteiger partial charge in [-0.25, -0.2) is 24.8 Å². The molecule has 0 bridgehead atoms. The molecule has 2 heterocycles. The fraction of sp³-hybridized carbons (Fsp3) is 0. The van der Waals surface area contributed by atoms with E-state index < -0.39 is 20.0 Å². The van der Waals surface area contributed by atoms with E-state index in [-0.39, 0.29) is 26.8 Å². The minimum Gasteiger partial charge on any atom is -0.241 e. The quantitative estimate of drug-likeness (QED) is 0.458. The summed E-state index contributed by atoms with van der Waals surface area (Å²) in [7, 11) is -7.73. The summed E-state index contributed by atoms with van der Waals surface area (Å²) in [6, 6.07) is 22.4. The van der Waals surface area contributed by atoms with Gasteiger partial charge in [0.1, 0.15) is 0 Å². The predicted molar refractivity (Wildman–Crippen MR) is 115 cm³/mol. The van der Waals surface area contributed by atoms with Crippen molar-refractivity contribution in [2.45, 2.75) is 9.79 Å². The number of hydrogen-bond donors (Lipinski definition) is 0. The largest absolute Gasteiger partial charge is 0.268 e. The number of hydrogen-bond acceptors (Lipinski definition) is 4. The van der Waals surface area contributed by atoms with E-state index in [0.29, 0.717) is 0 Å². The first kappa shape index (κ1) is 19.9. The maximum atomic E-state index is 13.1. The number of benzene rings is 2. The lowest BCUT2D eigenvalue weighted by atomic mass is 10.1. The van der Waals surface area contributed by atoms with Crippen LogP contribution in [0, 0.1) is 0 Å². The molecule has 4 aromatic rings. The normalized spacial score (nSPS) is 12.0. The second kappa shape index (κ2) is 7.47. The Morgan fingerprint density at radius 1 is 0.567 bits per heavy atom. The van der Waals surface area contributed by atoms with Crippen LogP contribution in [0.15, 0.2) is 114 Å². The minimum atomic E-state index is -3.87. The van der Waals surface area contributed by atoms with Crippen molar-refractivity contribution in [1.29, 1.82) is 0 Å². The molecule has 8 heteroatoms. The molecule has 2 aromatic heterocycles. The maximum absolute atomic E-state index is 13.1. The van der Waals surface area contributed by atoms with Crippen molar-refractivity contribution in [1.82, 2.24) is 7.94 Å². The van der Waals surface area contributed by atoms with Crippen molar-refractivity contribution in [3.05, 3.63) is 115 Å². The van der Waals surface area contributed by atoms with Crippen LogP contribution in [-0.2, 0) is 20.0 Å². The zero-order valence-corrected chi connectivity index (χ0v) is 17.4. The molecule has 0 N–H and O–H groups in total. The van der Waals surface area contributed by atoms with Gasteiger partial charge >= 0.3 is 0 Å². The van der Waals surface area contributed by atoms with E-state index in [1.165, 1.54) is 36.7 Å². The van der Waals surface area contributed by atoms with Gasteiger partial charge in [0.2, 0.25) is 0 Å². The summed E-state index contributed by atoms with van der Waals surface area (Å²) in [4.78, 5) is 0.255. The average molecular weight is 439 g/mol. The summed E-state index contributed by atoms with van der Waals surface area (Å²) in [5, 5.41) is 0. The molecule has 30 heavy (non-hydrogen) atoms. The van der Waals surface area contributed by atoms with E-state index in [1.807, 2.05) is 0 Å². The summed E-state index contributed by atoms with van der Waals surface area (Å²) in [6.07, 6.45) is 2.84. The Bertz CT molecular complexity index is 1310. The Labute approximate surface area is 175 Å². The Morgan fingerprint density at radius 3 is 1.30 bits per heavy atom. The molecular weight excluding hydrogens is 420 g/mol. The summed E-state index contributed by atoms with van der Waals surface area (Å²) in [5.41, 5.74) is 0.827. The highest BCUT2D eigenvalue weighted by atomic mass is 32.2. The van der Waals surface area contributed by atoms with Crippen LogP contribution >= 0.6 is 0 Å². The van der Waals surface area contributed by atoms with Gasteiger partial charge in [0.25, 0.3) is 20.0 Å². The highest BCUT2D eigenvalue weighted by molar-refractivity contribution is 7.90. The van der Waals surface area contributed by atoms with Crippen LogP contribution in [0.2, 0.25) is 0 Å². The third-order valence-corrected chi connectivity index (χ3v) is 8.05. The minimum absolute atomic E-state index is 0.127. The van der Waals surface area contributed by atoms with Gasteiger partial charge in [-0.3, -0.25) is 0 Å². The highest BCUT2D eigenvalue weighted by Gasteiger charge is 2.24. The maximum Gasteiger partial charge on any atom is 0.268 e. The molecule has 2 aromatic carbocycles. The second-order valence-corrected chi connectivity index (χ2v) is 10.1. The summed E-state index contributed by atoms with van der Waals surface area (Å²) in [6.45, 7) is 4.00. The van der Waals surface area contributed by atoms with Crippen molar-refractivity contribution < 1.29 is 16.8 Å². The summed E-state index contributed by atoms with van der Waals surface area (Å²) < 4.78 is 54.6. The van der Waals surface area contributed by atoms with E-state index in [0.717, 1.165) is 7.94 Å². The fourth-order valence-corrected chi connectivity index (χ4v) is 5.94. The molecule has 0 amide bonds. The molecule has 4 rings (SSSR count). The molecule has 6 nitrogen and oxygen atoms in total. The molecule has 0 aliphatic heterocycles. The van der Waals surface area contributed by atoms with Crippen LogP contribution in [0.3, 0.4) is 0 Å². The topological polar surface area (TPSA) is 78.1 Å². The molecular formula is C22H18N2O4S2. The third kappa shape index (κ3) is 3.30. The summed E-state index contributed by atoms with van der Waals surface area (Å²) >= 11 is 0. The predicted octanol–water partition coefficient (Wildman–Crippen LogP) is 3.83. The molecule has 0 fully saturated rings. The van der Waals surface area contributed by atoms with Crippen LogP contribution in [0.1, 0.15) is 11.4 Å². The fourth-order valence-electron chi connectivity index (χ4n) is 3.16. The van der Waals surface area contributed by atoms with E-state index in [9.17, 15) is 16.8 Å². The van der Waals surface area contributed by atoms with Gasteiger partial charge < -0.3 is 0 Å². The first-order valence-corrected chi connectivity index (χ1v) is 11.9. The zero-order valence-electron chi connectivity index (χ0n) is 15.8. The van der Waals surface area contributed by atoms with Gasteiger partial charge in [-0.1, -0.05) is 43.0 Å². The van der Waals surface area contributed by atoms with E-state index >= 15 is 0 Å². The molecule has 0 atom stereocenters. The van der Waals surface area contributed by atoms with Gasteiger partial charge in [0, 0.05) is 18.0 Å². The molecule has 0 aliphatic carbocycles. The van der Waals surface area contributed by atoms with Crippen molar-refractivity contribution in [3.63, 3.8) is 0 Å². The lowest BCUT2D eigenvalue weighted by Crippen LogP contribution is -2.17. The Balaban J connectivity index is 1.80. The Morgan fingerprint density at radius 2 is 0.933 bits per heavy atom. The van der Waals surface area contributed by atoms with E-state index in [1.54, 1.807) is 60.7 Å². The first-order valence-electron chi connectivity index (χ1n) is 8.99. The van der Waals surface area contributed by atoms with Crippen molar-refractivity contribution >= 4 is 25.6 Å². The molecule has 0 unspecified atom stereocenters. The monoisotopic (exact) mass is 438 g/mol. The standard InChI is InChI=1S/C22H18N2O4S2/c1-18(21-14-8-16-23(21)29(25,26)19-10-4-2-5-11-19)22-15-9-17-24(22)30(27,28)20-12-6-3-7-13-20/h2-17H,1H2. The highest BCUT2D eigenvalue weighted by Crippen LogP contribution is 2.28. The average Bonchev–Trinajstić information content (AvgIpc) is 3.45.